The summed E-state index contributed by atoms with van der Waals surface area (Å²) in [5, 5.41) is 5.49. The number of hydrogen-bond acceptors (Lipinski definition) is 6. The van der Waals surface area contributed by atoms with Crippen molar-refractivity contribution in [3.05, 3.63) is 47.5 Å². The molecule has 0 spiro atoms. The van der Waals surface area contributed by atoms with Crippen molar-refractivity contribution in [3.63, 3.8) is 0 Å². The normalized spacial score (nSPS) is 10.1. The number of amides is 2. The third-order valence-electron chi connectivity index (χ3n) is 3.90. The van der Waals surface area contributed by atoms with Gasteiger partial charge >= 0.3 is 0 Å². The Morgan fingerprint density at radius 3 is 2.00 bits per heavy atom. The third kappa shape index (κ3) is 5.14. The van der Waals surface area contributed by atoms with Gasteiger partial charge in [0.2, 0.25) is 5.75 Å². The number of nitrogens with one attached hydrogen (secondary N) is 2. The summed E-state index contributed by atoms with van der Waals surface area (Å²) < 4.78 is 20.7. The van der Waals surface area contributed by atoms with Gasteiger partial charge in [0.15, 0.2) is 11.5 Å². The Labute approximate surface area is 163 Å². The minimum absolute atomic E-state index is 0.278. The summed E-state index contributed by atoms with van der Waals surface area (Å²) in [6, 6.07) is 9.68. The molecule has 2 aromatic carbocycles. The van der Waals surface area contributed by atoms with Crippen molar-refractivity contribution in [2.75, 3.05) is 46.9 Å². The topological polar surface area (TPSA) is 95.1 Å². The number of anilines is 1. The maximum Gasteiger partial charge on any atom is 0.255 e. The number of hydrogen-bond donors (Lipinski definition) is 2. The average Bonchev–Trinajstić information content (AvgIpc) is 2.73. The maximum atomic E-state index is 12.6. The first-order valence-electron chi connectivity index (χ1n) is 8.52. The second-order valence-electron chi connectivity index (χ2n) is 5.70. The predicted octanol–water partition coefficient (Wildman–Crippen LogP) is 2.34. The lowest BCUT2D eigenvalue weighted by Gasteiger charge is -2.14. The fraction of sp³-hybridized carbons (Fsp3) is 0.300. The van der Waals surface area contributed by atoms with Crippen molar-refractivity contribution in [1.29, 1.82) is 0 Å². The molecule has 0 fully saturated rings. The van der Waals surface area contributed by atoms with E-state index in [9.17, 15) is 9.59 Å². The molecule has 150 valence electrons. The van der Waals surface area contributed by atoms with Crippen LogP contribution in [0.5, 0.6) is 17.2 Å². The van der Waals surface area contributed by atoms with E-state index in [0.717, 1.165) is 0 Å². The fourth-order valence-electron chi connectivity index (χ4n) is 2.53. The van der Waals surface area contributed by atoms with E-state index in [0.29, 0.717) is 47.2 Å². The summed E-state index contributed by atoms with van der Waals surface area (Å²) in [5.74, 6) is 0.616. The Morgan fingerprint density at radius 2 is 1.46 bits per heavy atom. The zero-order chi connectivity index (χ0) is 20.5. The van der Waals surface area contributed by atoms with Crippen LogP contribution in [-0.2, 0) is 4.74 Å². The van der Waals surface area contributed by atoms with Gasteiger partial charge in [0.25, 0.3) is 11.8 Å². The zero-order valence-electron chi connectivity index (χ0n) is 16.3. The van der Waals surface area contributed by atoms with Crippen molar-refractivity contribution in [2.24, 2.45) is 0 Å². The van der Waals surface area contributed by atoms with E-state index < -0.39 is 0 Å². The van der Waals surface area contributed by atoms with Gasteiger partial charge in [0, 0.05) is 42.6 Å². The molecule has 0 atom stereocenters. The van der Waals surface area contributed by atoms with E-state index in [2.05, 4.69) is 10.6 Å². The number of carbonyl (C=O) groups excluding carboxylic acids is 2. The van der Waals surface area contributed by atoms with Crippen molar-refractivity contribution in [3.8, 4) is 17.2 Å². The first-order valence-corrected chi connectivity index (χ1v) is 8.52. The Balaban J connectivity index is 2.19. The molecule has 2 rings (SSSR count). The SMILES string of the molecule is COCCNC(=O)c1cccc(C(=O)Nc2cc(OC)c(OC)c(OC)c2)c1. The molecule has 28 heavy (non-hydrogen) atoms. The molecule has 2 aromatic rings. The van der Waals surface area contributed by atoms with Crippen LogP contribution in [0.1, 0.15) is 20.7 Å². The molecule has 0 saturated heterocycles. The summed E-state index contributed by atoms with van der Waals surface area (Å²) >= 11 is 0. The van der Waals surface area contributed by atoms with Gasteiger partial charge in [-0.25, -0.2) is 0 Å². The van der Waals surface area contributed by atoms with E-state index in [1.165, 1.54) is 27.4 Å². The molecule has 0 bridgehead atoms. The van der Waals surface area contributed by atoms with E-state index in [-0.39, 0.29) is 11.8 Å². The minimum Gasteiger partial charge on any atom is -0.493 e. The Morgan fingerprint density at radius 1 is 0.857 bits per heavy atom. The molecule has 0 aliphatic carbocycles. The lowest BCUT2D eigenvalue weighted by atomic mass is 10.1. The number of benzene rings is 2. The maximum absolute atomic E-state index is 12.6. The molecule has 0 aliphatic heterocycles. The van der Waals surface area contributed by atoms with E-state index in [1.54, 1.807) is 37.4 Å². The second kappa shape index (κ2) is 10.2. The van der Waals surface area contributed by atoms with Crippen molar-refractivity contribution in [2.45, 2.75) is 0 Å². The largest absolute Gasteiger partial charge is 0.493 e. The smallest absolute Gasteiger partial charge is 0.255 e. The van der Waals surface area contributed by atoms with Gasteiger partial charge in [-0.3, -0.25) is 9.59 Å². The van der Waals surface area contributed by atoms with Crippen LogP contribution in [-0.4, -0.2) is 53.4 Å². The molecule has 0 radical (unpaired) electrons. The van der Waals surface area contributed by atoms with Crippen LogP contribution in [0.25, 0.3) is 0 Å². The van der Waals surface area contributed by atoms with Crippen LogP contribution >= 0.6 is 0 Å². The molecule has 0 heterocycles. The lowest BCUT2D eigenvalue weighted by molar-refractivity contribution is 0.0937. The molecule has 2 amide bonds. The molecular weight excluding hydrogens is 364 g/mol. The molecule has 0 aromatic heterocycles. The highest BCUT2D eigenvalue weighted by molar-refractivity contribution is 6.06. The van der Waals surface area contributed by atoms with Gasteiger partial charge in [0.1, 0.15) is 0 Å². The summed E-state index contributed by atoms with van der Waals surface area (Å²) in [6.45, 7) is 0.796. The van der Waals surface area contributed by atoms with Crippen molar-refractivity contribution in [1.82, 2.24) is 5.32 Å². The van der Waals surface area contributed by atoms with Gasteiger partial charge in [-0.2, -0.15) is 0 Å². The molecule has 2 N–H and O–H groups in total. The van der Waals surface area contributed by atoms with E-state index in [4.69, 9.17) is 18.9 Å². The quantitative estimate of drug-likeness (QED) is 0.641. The van der Waals surface area contributed by atoms with Crippen LogP contribution in [0, 0.1) is 0 Å². The second-order valence-corrected chi connectivity index (χ2v) is 5.70. The minimum atomic E-state index is -0.374. The van der Waals surface area contributed by atoms with Crippen molar-refractivity contribution < 1.29 is 28.5 Å². The van der Waals surface area contributed by atoms with Crippen LogP contribution in [0.2, 0.25) is 0 Å². The highest BCUT2D eigenvalue weighted by atomic mass is 16.5. The summed E-state index contributed by atoms with van der Waals surface area (Å²) in [5.41, 5.74) is 1.19. The Hall–Kier alpha value is -3.26. The number of methoxy groups -OCH3 is 4. The average molecular weight is 388 g/mol. The summed E-state index contributed by atoms with van der Waals surface area (Å²) in [7, 11) is 6.05. The zero-order valence-corrected chi connectivity index (χ0v) is 16.3. The number of ether oxygens (including phenoxy) is 4. The van der Waals surface area contributed by atoms with Crippen molar-refractivity contribution >= 4 is 17.5 Å². The fourth-order valence-corrected chi connectivity index (χ4v) is 2.53. The van der Waals surface area contributed by atoms with Gasteiger partial charge < -0.3 is 29.6 Å². The first kappa shape index (κ1) is 21.0. The molecule has 0 saturated carbocycles. The predicted molar refractivity (Wildman–Crippen MR) is 105 cm³/mol. The van der Waals surface area contributed by atoms with Crippen LogP contribution < -0.4 is 24.8 Å². The monoisotopic (exact) mass is 388 g/mol. The Kier molecular flexibility index (Phi) is 7.65. The van der Waals surface area contributed by atoms with Gasteiger partial charge in [-0.15, -0.1) is 0 Å². The third-order valence-corrected chi connectivity index (χ3v) is 3.90. The van der Waals surface area contributed by atoms with Crippen LogP contribution in [0.3, 0.4) is 0 Å². The number of rotatable bonds is 9. The number of carbonyl (C=O) groups is 2. The highest BCUT2D eigenvalue weighted by Crippen LogP contribution is 2.40. The highest BCUT2D eigenvalue weighted by Gasteiger charge is 2.16. The van der Waals surface area contributed by atoms with E-state index >= 15 is 0 Å². The van der Waals surface area contributed by atoms with Gasteiger partial charge in [-0.05, 0) is 18.2 Å². The summed E-state index contributed by atoms with van der Waals surface area (Å²) in [6.07, 6.45) is 0. The summed E-state index contributed by atoms with van der Waals surface area (Å²) in [4.78, 5) is 24.8. The molecule has 0 unspecified atom stereocenters. The standard InChI is InChI=1S/C20H24N2O6/c1-25-9-8-21-19(23)13-6-5-7-14(10-13)20(24)22-15-11-16(26-2)18(28-4)17(12-15)27-3/h5-7,10-12H,8-9H2,1-4H3,(H,21,23)(H,22,24). The van der Waals surface area contributed by atoms with Crippen LogP contribution in [0.4, 0.5) is 5.69 Å². The van der Waals surface area contributed by atoms with Crippen LogP contribution in [0.15, 0.2) is 36.4 Å². The van der Waals surface area contributed by atoms with Gasteiger partial charge in [-0.1, -0.05) is 6.07 Å². The lowest BCUT2D eigenvalue weighted by Crippen LogP contribution is -2.27. The molecule has 8 nitrogen and oxygen atoms in total. The molecule has 8 heteroatoms. The first-order chi connectivity index (χ1) is 13.5. The molecule has 0 aliphatic rings. The van der Waals surface area contributed by atoms with E-state index in [1.807, 2.05) is 0 Å². The van der Waals surface area contributed by atoms with Gasteiger partial charge in [0.05, 0.1) is 27.9 Å². The Bertz CT molecular complexity index is 812. The molecular formula is C20H24N2O6.